The normalized spacial score (nSPS) is 14.7. The summed E-state index contributed by atoms with van der Waals surface area (Å²) in [6, 6.07) is 22.0. The maximum absolute atomic E-state index is 13.4. The first-order valence-corrected chi connectivity index (χ1v) is 11.6. The molecule has 5 rings (SSSR count). The molecule has 1 N–H and O–H groups in total. The van der Waals surface area contributed by atoms with Gasteiger partial charge in [0.05, 0.1) is 23.3 Å². The van der Waals surface area contributed by atoms with E-state index in [0.29, 0.717) is 46.6 Å². The van der Waals surface area contributed by atoms with E-state index in [1.54, 1.807) is 47.0 Å². The van der Waals surface area contributed by atoms with Gasteiger partial charge < -0.3 is 19.5 Å². The van der Waals surface area contributed by atoms with E-state index < -0.39 is 5.97 Å². The Balaban J connectivity index is 1.32. The van der Waals surface area contributed by atoms with Crippen molar-refractivity contribution >= 4 is 34.0 Å². The number of carbonyl (C=O) groups excluding carboxylic acids is 1. The highest BCUT2D eigenvalue weighted by Gasteiger charge is 2.24. The van der Waals surface area contributed by atoms with E-state index in [2.05, 4.69) is 11.5 Å². The van der Waals surface area contributed by atoms with Gasteiger partial charge in [-0.3, -0.25) is 9.36 Å². The fourth-order valence-electron chi connectivity index (χ4n) is 4.60. The maximum Gasteiger partial charge on any atom is 0.335 e. The molecule has 0 unspecified atom stereocenters. The van der Waals surface area contributed by atoms with Gasteiger partial charge in [-0.15, -0.1) is 0 Å². The molecule has 7 nitrogen and oxygen atoms in total. The van der Waals surface area contributed by atoms with Gasteiger partial charge in [0.1, 0.15) is 24.2 Å². The Hall–Kier alpha value is -4.52. The number of hydrogen-bond acceptors (Lipinski definition) is 5. The number of para-hydroxylation sites is 2. The van der Waals surface area contributed by atoms with Gasteiger partial charge in [0.15, 0.2) is 0 Å². The first-order valence-electron chi connectivity index (χ1n) is 11.6. The Morgan fingerprint density at radius 2 is 1.83 bits per heavy atom. The predicted molar refractivity (Wildman–Crippen MR) is 139 cm³/mol. The number of ether oxygens (including phenoxy) is 2. The average Bonchev–Trinajstić information content (AvgIpc) is 3.22. The number of anilines is 1. The fraction of sp³-hybridized carbons (Fsp3) is 0.172. The molecule has 182 valence electrons. The zero-order valence-electron chi connectivity index (χ0n) is 20.1. The summed E-state index contributed by atoms with van der Waals surface area (Å²) < 4.78 is 13.6. The predicted octanol–water partition coefficient (Wildman–Crippen LogP) is 5.01. The summed E-state index contributed by atoms with van der Waals surface area (Å²) >= 11 is 0. The number of aryl methyl sites for hydroxylation is 1. The minimum atomic E-state index is -1.09. The topological polar surface area (TPSA) is 81.0 Å². The summed E-state index contributed by atoms with van der Waals surface area (Å²) in [5, 5.41) is 10.0. The zero-order chi connectivity index (χ0) is 25.4. The smallest absolute Gasteiger partial charge is 0.335 e. The fourth-order valence-corrected chi connectivity index (χ4v) is 4.60. The van der Waals surface area contributed by atoms with Crippen LogP contribution in [0.15, 0.2) is 79.4 Å². The Bertz CT molecular complexity index is 1490. The standard InChI is InChI=1S/C29H26N2O5/c1-18-15-24-23(19(2)29(33)34)7-6-9-25(24)31(18)28(32)20-11-13-21(14-12-20)35-17-22-16-30(3)26-8-4-5-10-27(26)36-22/h4-15,22H,2,16-17H2,1,3H3,(H,33,34)/t22-/m0/s1. The quantitative estimate of drug-likeness (QED) is 0.389. The highest BCUT2D eigenvalue weighted by molar-refractivity contribution is 6.19. The van der Waals surface area contributed by atoms with E-state index in [1.807, 2.05) is 44.3 Å². The van der Waals surface area contributed by atoms with Crippen LogP contribution in [0.2, 0.25) is 0 Å². The monoisotopic (exact) mass is 482 g/mol. The number of aromatic nitrogens is 1. The largest absolute Gasteiger partial charge is 0.490 e. The highest BCUT2D eigenvalue weighted by Crippen LogP contribution is 2.32. The lowest BCUT2D eigenvalue weighted by Gasteiger charge is -2.33. The number of likely N-dealkylation sites (N-methyl/N-ethyl adjacent to an activating group) is 1. The molecular formula is C29H26N2O5. The van der Waals surface area contributed by atoms with Crippen molar-refractivity contribution in [1.29, 1.82) is 0 Å². The summed E-state index contributed by atoms with van der Waals surface area (Å²) in [7, 11) is 2.03. The van der Waals surface area contributed by atoms with Crippen LogP contribution in [-0.2, 0) is 4.79 Å². The third kappa shape index (κ3) is 4.20. The molecular weight excluding hydrogens is 456 g/mol. The van der Waals surface area contributed by atoms with Crippen LogP contribution in [0.4, 0.5) is 5.69 Å². The van der Waals surface area contributed by atoms with Crippen molar-refractivity contribution in [2.75, 3.05) is 25.1 Å². The molecule has 2 heterocycles. The maximum atomic E-state index is 13.4. The third-order valence-electron chi connectivity index (χ3n) is 6.40. The second-order valence-corrected chi connectivity index (χ2v) is 8.87. The number of benzene rings is 3. The lowest BCUT2D eigenvalue weighted by atomic mass is 10.0. The van der Waals surface area contributed by atoms with E-state index in [4.69, 9.17) is 9.47 Å². The number of rotatable bonds is 6. The van der Waals surface area contributed by atoms with E-state index in [0.717, 1.165) is 11.4 Å². The van der Waals surface area contributed by atoms with Crippen LogP contribution in [0.5, 0.6) is 11.5 Å². The SMILES string of the molecule is C=C(C(=O)O)c1cccc2c1cc(C)n2C(=O)c1ccc(OC[C@@H]2CN(C)c3ccccc3O2)cc1. The molecule has 0 saturated carbocycles. The summed E-state index contributed by atoms with van der Waals surface area (Å²) in [6.45, 7) is 6.59. The van der Waals surface area contributed by atoms with E-state index in [-0.39, 0.29) is 17.6 Å². The van der Waals surface area contributed by atoms with Crippen molar-refractivity contribution in [2.45, 2.75) is 13.0 Å². The minimum absolute atomic E-state index is 0.0108. The van der Waals surface area contributed by atoms with Crippen LogP contribution < -0.4 is 14.4 Å². The first kappa shape index (κ1) is 23.2. The van der Waals surface area contributed by atoms with Crippen molar-refractivity contribution in [3.05, 3.63) is 96.2 Å². The van der Waals surface area contributed by atoms with Crippen molar-refractivity contribution in [2.24, 2.45) is 0 Å². The van der Waals surface area contributed by atoms with Crippen LogP contribution in [0.3, 0.4) is 0 Å². The molecule has 0 radical (unpaired) electrons. The molecule has 1 aliphatic rings. The molecule has 0 bridgehead atoms. The molecule has 1 aromatic heterocycles. The Labute approximate surface area is 208 Å². The van der Waals surface area contributed by atoms with Gasteiger partial charge in [-0.1, -0.05) is 30.8 Å². The van der Waals surface area contributed by atoms with Crippen LogP contribution in [0.25, 0.3) is 16.5 Å². The van der Waals surface area contributed by atoms with Crippen molar-refractivity contribution in [3.63, 3.8) is 0 Å². The lowest BCUT2D eigenvalue weighted by Crippen LogP contribution is -2.41. The van der Waals surface area contributed by atoms with Crippen molar-refractivity contribution in [3.8, 4) is 11.5 Å². The molecule has 36 heavy (non-hydrogen) atoms. The number of nitrogens with zero attached hydrogens (tertiary/aromatic N) is 2. The van der Waals surface area contributed by atoms with Gasteiger partial charge in [-0.05, 0) is 61.0 Å². The molecule has 0 saturated heterocycles. The highest BCUT2D eigenvalue weighted by atomic mass is 16.5. The molecule has 0 spiro atoms. The Morgan fingerprint density at radius 3 is 2.58 bits per heavy atom. The second kappa shape index (κ2) is 9.26. The Morgan fingerprint density at radius 1 is 1.08 bits per heavy atom. The van der Waals surface area contributed by atoms with Gasteiger partial charge in [0.25, 0.3) is 5.91 Å². The minimum Gasteiger partial charge on any atom is -0.490 e. The van der Waals surface area contributed by atoms with Crippen LogP contribution in [0, 0.1) is 6.92 Å². The Kier molecular flexibility index (Phi) is 5.98. The molecule has 1 aliphatic heterocycles. The van der Waals surface area contributed by atoms with Crippen LogP contribution in [0.1, 0.15) is 21.6 Å². The van der Waals surface area contributed by atoms with E-state index >= 15 is 0 Å². The second-order valence-electron chi connectivity index (χ2n) is 8.87. The summed E-state index contributed by atoms with van der Waals surface area (Å²) in [5.41, 5.74) is 3.38. The number of carboxylic acids is 1. The molecule has 4 aromatic rings. The molecule has 0 fully saturated rings. The van der Waals surface area contributed by atoms with Gasteiger partial charge >= 0.3 is 5.97 Å². The van der Waals surface area contributed by atoms with Gasteiger partial charge in [0, 0.05) is 23.7 Å². The van der Waals surface area contributed by atoms with Crippen molar-refractivity contribution < 1.29 is 24.2 Å². The lowest BCUT2D eigenvalue weighted by molar-refractivity contribution is -0.130. The zero-order valence-corrected chi connectivity index (χ0v) is 20.1. The third-order valence-corrected chi connectivity index (χ3v) is 6.40. The first-order chi connectivity index (χ1) is 17.3. The molecule has 7 heteroatoms. The summed E-state index contributed by atoms with van der Waals surface area (Å²) in [5.74, 6) is 0.182. The number of carbonyl (C=O) groups is 2. The number of hydrogen-bond donors (Lipinski definition) is 1. The number of aliphatic carboxylic acids is 1. The number of fused-ring (bicyclic) bond motifs is 2. The van der Waals surface area contributed by atoms with Gasteiger partial charge in [-0.25, -0.2) is 4.79 Å². The molecule has 0 aliphatic carbocycles. The van der Waals surface area contributed by atoms with E-state index in [9.17, 15) is 14.7 Å². The summed E-state index contributed by atoms with van der Waals surface area (Å²) in [6.07, 6.45) is -0.116. The number of carboxylic acid groups (broad SMARTS) is 1. The summed E-state index contributed by atoms with van der Waals surface area (Å²) in [4.78, 5) is 27.0. The van der Waals surface area contributed by atoms with E-state index in [1.165, 1.54) is 0 Å². The molecule has 3 aromatic carbocycles. The van der Waals surface area contributed by atoms with Gasteiger partial charge in [-0.2, -0.15) is 0 Å². The molecule has 1 atom stereocenters. The average molecular weight is 483 g/mol. The molecule has 0 amide bonds. The van der Waals surface area contributed by atoms with Crippen molar-refractivity contribution in [1.82, 2.24) is 4.57 Å². The van der Waals surface area contributed by atoms with Crippen LogP contribution >= 0.6 is 0 Å². The van der Waals surface area contributed by atoms with Crippen LogP contribution in [-0.4, -0.2) is 47.9 Å². The van der Waals surface area contributed by atoms with Gasteiger partial charge in [0.2, 0.25) is 0 Å².